The van der Waals surface area contributed by atoms with E-state index in [0.29, 0.717) is 34.3 Å². The molecular formula is C22H30BrNO6S. The molecule has 31 heavy (non-hydrogen) atoms. The molecule has 1 aliphatic heterocycles. The molecule has 3 rings (SSSR count). The molecule has 0 amide bonds. The molecule has 1 atom stereocenters. The first kappa shape index (κ1) is 24.1. The maximum atomic E-state index is 13.1. The van der Waals surface area contributed by atoms with Gasteiger partial charge in [-0.05, 0) is 70.6 Å². The van der Waals surface area contributed by atoms with Gasteiger partial charge < -0.3 is 9.47 Å². The zero-order valence-corrected chi connectivity index (χ0v) is 20.7. The first-order valence-electron chi connectivity index (χ1n) is 10.4. The average molecular weight is 516 g/mol. The fourth-order valence-corrected chi connectivity index (χ4v) is 5.90. The first-order chi connectivity index (χ1) is 14.4. The number of halogens is 1. The normalized spacial score (nSPS) is 20.2. The van der Waals surface area contributed by atoms with Crippen LogP contribution in [0.1, 0.15) is 68.8 Å². The molecule has 9 heteroatoms. The van der Waals surface area contributed by atoms with Crippen LogP contribution in [0.15, 0.2) is 22.8 Å². The molecule has 1 aromatic carbocycles. The molecule has 2 aromatic rings. The summed E-state index contributed by atoms with van der Waals surface area (Å²) in [4.78, 5) is 25.8. The lowest BCUT2D eigenvalue weighted by molar-refractivity contribution is 0.0527. The molecular weight excluding hydrogens is 486 g/mol. The molecule has 1 saturated heterocycles. The van der Waals surface area contributed by atoms with Crippen molar-refractivity contribution in [2.75, 3.05) is 18.1 Å². The number of hydrogen-bond acceptors (Lipinski definition) is 6. The zero-order chi connectivity index (χ0) is 23.0. The minimum atomic E-state index is -2.57. The minimum absolute atomic E-state index is 0.0317. The van der Waals surface area contributed by atoms with Crippen LogP contribution in [0, 0.1) is 0 Å². The topological polar surface area (TPSA) is 98.0 Å². The number of fused-ring (bicyclic) bond motifs is 1. The number of ether oxygens (including phenoxy) is 2. The van der Waals surface area contributed by atoms with Gasteiger partial charge in [0.1, 0.15) is 5.60 Å². The van der Waals surface area contributed by atoms with Crippen molar-refractivity contribution in [3.8, 4) is 0 Å². The van der Waals surface area contributed by atoms with Gasteiger partial charge in [0, 0.05) is 27.6 Å². The summed E-state index contributed by atoms with van der Waals surface area (Å²) in [7, 11) is -2.57. The lowest BCUT2D eigenvalue weighted by Gasteiger charge is -2.30. The van der Waals surface area contributed by atoms with Crippen molar-refractivity contribution in [2.45, 2.75) is 58.5 Å². The van der Waals surface area contributed by atoms with E-state index in [-0.39, 0.29) is 18.1 Å². The van der Waals surface area contributed by atoms with Gasteiger partial charge in [0.05, 0.1) is 17.7 Å². The largest absolute Gasteiger partial charge is 0.462 e. The van der Waals surface area contributed by atoms with E-state index in [1.165, 1.54) is 4.57 Å². The molecule has 1 unspecified atom stereocenters. The number of rotatable bonds is 3. The van der Waals surface area contributed by atoms with Crippen LogP contribution >= 0.6 is 26.5 Å². The summed E-state index contributed by atoms with van der Waals surface area (Å²) < 4.78 is 33.3. The Bertz CT molecular complexity index is 994. The van der Waals surface area contributed by atoms with Crippen LogP contribution in [0.4, 0.5) is 4.79 Å². The summed E-state index contributed by atoms with van der Waals surface area (Å²) in [6.07, 6.45) is 3.21. The van der Waals surface area contributed by atoms with E-state index >= 15 is 0 Å². The lowest BCUT2D eigenvalue weighted by atomic mass is 9.91. The smallest absolute Gasteiger partial charge is 0.419 e. The van der Waals surface area contributed by atoms with E-state index in [4.69, 9.17) is 9.47 Å². The van der Waals surface area contributed by atoms with Gasteiger partial charge in [-0.15, -0.1) is 0 Å². The second-order valence-electron chi connectivity index (χ2n) is 8.84. The lowest BCUT2D eigenvalue weighted by Crippen LogP contribution is -2.27. The second kappa shape index (κ2) is 9.13. The molecule has 0 saturated carbocycles. The Kier molecular flexibility index (Phi) is 7.10. The molecule has 1 aliphatic rings. The molecule has 0 spiro atoms. The molecule has 2 N–H and O–H groups in total. The quantitative estimate of drug-likeness (QED) is 0.460. The monoisotopic (exact) mass is 515 g/mol. The van der Waals surface area contributed by atoms with Crippen LogP contribution in [0.3, 0.4) is 0 Å². The Hall–Kier alpha value is -1.55. The fourth-order valence-electron chi connectivity index (χ4n) is 3.95. The Morgan fingerprint density at radius 3 is 2.58 bits per heavy atom. The molecule has 0 radical (unpaired) electrons. The Morgan fingerprint density at radius 2 is 1.94 bits per heavy atom. The van der Waals surface area contributed by atoms with Crippen LogP contribution in [0.5, 0.6) is 0 Å². The highest BCUT2D eigenvalue weighted by molar-refractivity contribution is 9.10. The highest BCUT2D eigenvalue weighted by Crippen LogP contribution is 2.47. The second-order valence-corrected chi connectivity index (χ2v) is 12.2. The summed E-state index contributed by atoms with van der Waals surface area (Å²) in [6.45, 7) is 7.31. The predicted molar refractivity (Wildman–Crippen MR) is 126 cm³/mol. The van der Waals surface area contributed by atoms with E-state index in [2.05, 4.69) is 15.9 Å². The van der Waals surface area contributed by atoms with Crippen LogP contribution < -0.4 is 0 Å². The molecule has 172 valence electrons. The van der Waals surface area contributed by atoms with Gasteiger partial charge in [-0.1, -0.05) is 15.9 Å². The SMILES string of the molecule is CCOC(=O)c1cc(Br)cc2c(C3CCCS(O)(O)CC3)cn(C(=O)OC(C)(C)C)c12. The van der Waals surface area contributed by atoms with E-state index in [1.54, 1.807) is 40.0 Å². The Morgan fingerprint density at radius 1 is 1.23 bits per heavy atom. The van der Waals surface area contributed by atoms with Gasteiger partial charge in [-0.3, -0.25) is 13.7 Å². The van der Waals surface area contributed by atoms with Gasteiger partial charge in [-0.25, -0.2) is 9.59 Å². The fraction of sp³-hybridized carbons (Fsp3) is 0.545. The Balaban J connectivity index is 2.19. The summed E-state index contributed by atoms with van der Waals surface area (Å²) in [5, 5.41) is 0.756. The molecule has 0 aliphatic carbocycles. The summed E-state index contributed by atoms with van der Waals surface area (Å²) in [5.74, 6) is 0.240. The number of esters is 1. The van der Waals surface area contributed by atoms with Crippen molar-refractivity contribution < 1.29 is 28.2 Å². The van der Waals surface area contributed by atoms with Gasteiger partial charge >= 0.3 is 12.1 Å². The number of carbonyl (C=O) groups is 2. The summed E-state index contributed by atoms with van der Waals surface area (Å²) >= 11 is 3.48. The summed E-state index contributed by atoms with van der Waals surface area (Å²) in [6, 6.07) is 3.53. The third-order valence-corrected chi connectivity index (χ3v) is 7.53. The van der Waals surface area contributed by atoms with Gasteiger partial charge in [-0.2, -0.15) is 10.6 Å². The van der Waals surface area contributed by atoms with E-state index in [1.807, 2.05) is 6.07 Å². The van der Waals surface area contributed by atoms with E-state index in [0.717, 1.165) is 17.4 Å². The highest BCUT2D eigenvalue weighted by Gasteiger charge is 2.30. The van der Waals surface area contributed by atoms with Crippen LogP contribution in [-0.4, -0.2) is 49.4 Å². The number of hydrogen-bond donors (Lipinski definition) is 2. The first-order valence-corrected chi connectivity index (χ1v) is 13.1. The van der Waals surface area contributed by atoms with Crippen molar-refractivity contribution in [3.63, 3.8) is 0 Å². The van der Waals surface area contributed by atoms with Crippen LogP contribution in [-0.2, 0) is 9.47 Å². The number of benzene rings is 1. The van der Waals surface area contributed by atoms with Gasteiger partial charge in [0.2, 0.25) is 0 Å². The average Bonchev–Trinajstić information content (AvgIpc) is 2.92. The van der Waals surface area contributed by atoms with Crippen molar-refractivity contribution in [3.05, 3.63) is 33.9 Å². The minimum Gasteiger partial charge on any atom is -0.462 e. The van der Waals surface area contributed by atoms with Crippen molar-refractivity contribution in [2.24, 2.45) is 0 Å². The van der Waals surface area contributed by atoms with Crippen molar-refractivity contribution >= 4 is 49.5 Å². The third-order valence-electron chi connectivity index (χ3n) is 5.24. The maximum Gasteiger partial charge on any atom is 0.419 e. The Labute approximate surface area is 192 Å². The number of aromatic nitrogens is 1. The van der Waals surface area contributed by atoms with E-state index < -0.39 is 28.3 Å². The highest BCUT2D eigenvalue weighted by atomic mass is 79.9. The van der Waals surface area contributed by atoms with Crippen molar-refractivity contribution in [1.82, 2.24) is 4.57 Å². The molecule has 2 heterocycles. The van der Waals surface area contributed by atoms with Gasteiger partial charge in [0.25, 0.3) is 0 Å². The van der Waals surface area contributed by atoms with Crippen LogP contribution in [0.2, 0.25) is 0 Å². The van der Waals surface area contributed by atoms with E-state index in [9.17, 15) is 18.7 Å². The molecule has 7 nitrogen and oxygen atoms in total. The number of nitrogens with zero attached hydrogens (tertiary/aromatic N) is 1. The number of carbonyl (C=O) groups excluding carboxylic acids is 2. The molecule has 1 fully saturated rings. The predicted octanol–water partition coefficient (Wildman–Crippen LogP) is 6.38. The van der Waals surface area contributed by atoms with Crippen LogP contribution in [0.25, 0.3) is 10.9 Å². The van der Waals surface area contributed by atoms with Gasteiger partial charge in [0.15, 0.2) is 0 Å². The standard InChI is InChI=1S/C22H30BrNO6S/c1-5-29-20(25)17-12-15(23)11-16-18(14-7-6-9-31(27,28)10-8-14)13-24(19(16)17)21(26)30-22(2,3)4/h11-14,27-28H,5-10H2,1-4H3. The summed E-state index contributed by atoms with van der Waals surface area (Å²) in [5.41, 5.74) is 0.916. The molecule has 0 bridgehead atoms. The van der Waals surface area contributed by atoms with Crippen molar-refractivity contribution in [1.29, 1.82) is 0 Å². The zero-order valence-electron chi connectivity index (χ0n) is 18.3. The molecule has 1 aromatic heterocycles. The maximum absolute atomic E-state index is 13.1. The third kappa shape index (κ3) is 5.63.